The van der Waals surface area contributed by atoms with Crippen molar-refractivity contribution in [3.63, 3.8) is 0 Å². The number of benzene rings is 1. The zero-order chi connectivity index (χ0) is 18.0. The van der Waals surface area contributed by atoms with Crippen LogP contribution in [0.5, 0.6) is 0 Å². The Kier molecular flexibility index (Phi) is 4.71. The lowest BCUT2D eigenvalue weighted by molar-refractivity contribution is -0.114. The minimum atomic E-state index is -0.414. The second kappa shape index (κ2) is 6.94. The van der Waals surface area contributed by atoms with Crippen molar-refractivity contribution >= 4 is 38.6 Å². The lowest BCUT2D eigenvalue weighted by atomic mass is 10.1. The highest BCUT2D eigenvalue weighted by molar-refractivity contribution is 7.22. The Bertz CT molecular complexity index is 968. The fraction of sp³-hybridized carbons (Fsp3) is 0.235. The van der Waals surface area contributed by atoms with Crippen LogP contribution in [-0.4, -0.2) is 33.7 Å². The molecule has 128 valence electrons. The van der Waals surface area contributed by atoms with Crippen molar-refractivity contribution in [3.05, 3.63) is 35.5 Å². The molecule has 3 aromatic rings. The zero-order valence-electron chi connectivity index (χ0n) is 14.0. The summed E-state index contributed by atoms with van der Waals surface area (Å²) >= 11 is 1.37. The topological polar surface area (TPSA) is 94.1 Å². The van der Waals surface area contributed by atoms with E-state index in [1.54, 1.807) is 19.9 Å². The van der Waals surface area contributed by atoms with Gasteiger partial charge < -0.3 is 10.1 Å². The van der Waals surface area contributed by atoms with Crippen LogP contribution < -0.4 is 5.32 Å². The standard InChI is InChI=1S/C17H16N4O3S/c1-4-24-16(23)12-8-14(21-20-9(12)2)11-5-6-13-15(7-11)25-17(19-13)18-10(3)22/h5-8H,4H2,1-3H3,(H,18,19,22). The van der Waals surface area contributed by atoms with Gasteiger partial charge in [-0.15, -0.1) is 0 Å². The Morgan fingerprint density at radius 1 is 1.24 bits per heavy atom. The third-order valence-electron chi connectivity index (χ3n) is 3.44. The molecule has 0 bridgehead atoms. The summed E-state index contributed by atoms with van der Waals surface area (Å²) in [5, 5.41) is 11.5. The van der Waals surface area contributed by atoms with Crippen LogP contribution in [0.25, 0.3) is 21.5 Å². The largest absolute Gasteiger partial charge is 0.462 e. The number of aromatic nitrogens is 3. The van der Waals surface area contributed by atoms with Crippen LogP contribution in [0, 0.1) is 6.92 Å². The molecule has 7 nitrogen and oxygen atoms in total. The summed E-state index contributed by atoms with van der Waals surface area (Å²) < 4.78 is 5.96. The molecule has 1 aromatic carbocycles. The van der Waals surface area contributed by atoms with E-state index in [1.165, 1.54) is 18.3 Å². The van der Waals surface area contributed by atoms with E-state index in [9.17, 15) is 9.59 Å². The molecule has 0 radical (unpaired) electrons. The third-order valence-corrected chi connectivity index (χ3v) is 4.37. The molecule has 25 heavy (non-hydrogen) atoms. The number of fused-ring (bicyclic) bond motifs is 1. The van der Waals surface area contributed by atoms with Gasteiger partial charge in [0.1, 0.15) is 0 Å². The number of nitrogens with zero attached hydrogens (tertiary/aromatic N) is 3. The van der Waals surface area contributed by atoms with Gasteiger partial charge in [0.25, 0.3) is 0 Å². The van der Waals surface area contributed by atoms with Crippen LogP contribution in [0.15, 0.2) is 24.3 Å². The van der Waals surface area contributed by atoms with Crippen molar-refractivity contribution < 1.29 is 14.3 Å². The van der Waals surface area contributed by atoms with E-state index in [0.717, 1.165) is 15.8 Å². The molecule has 0 aliphatic heterocycles. The fourth-order valence-electron chi connectivity index (χ4n) is 2.30. The average molecular weight is 356 g/mol. The second-order valence-corrected chi connectivity index (χ2v) is 6.36. The van der Waals surface area contributed by atoms with Crippen molar-refractivity contribution in [2.24, 2.45) is 0 Å². The van der Waals surface area contributed by atoms with Crippen LogP contribution in [0.2, 0.25) is 0 Å². The van der Waals surface area contributed by atoms with Gasteiger partial charge in [-0.05, 0) is 32.0 Å². The number of thiazole rings is 1. The number of nitrogens with one attached hydrogen (secondary N) is 1. The van der Waals surface area contributed by atoms with E-state index < -0.39 is 5.97 Å². The molecule has 2 aromatic heterocycles. The molecule has 1 amide bonds. The molecule has 0 aliphatic carbocycles. The molecule has 0 saturated heterocycles. The number of rotatable bonds is 4. The van der Waals surface area contributed by atoms with Crippen molar-refractivity contribution in [1.29, 1.82) is 0 Å². The number of carbonyl (C=O) groups is 2. The number of carbonyl (C=O) groups excluding carboxylic acids is 2. The van der Waals surface area contributed by atoms with Gasteiger partial charge in [-0.3, -0.25) is 4.79 Å². The Morgan fingerprint density at radius 2 is 2.04 bits per heavy atom. The highest BCUT2D eigenvalue weighted by Crippen LogP contribution is 2.30. The molecule has 0 aliphatic rings. The van der Waals surface area contributed by atoms with Gasteiger partial charge in [0.2, 0.25) is 5.91 Å². The molecule has 3 rings (SSSR count). The number of amides is 1. The van der Waals surface area contributed by atoms with Gasteiger partial charge in [0.15, 0.2) is 5.13 Å². The average Bonchev–Trinajstić information content (AvgIpc) is 2.95. The number of ether oxygens (including phenoxy) is 1. The van der Waals surface area contributed by atoms with Crippen molar-refractivity contribution in [3.8, 4) is 11.3 Å². The maximum absolute atomic E-state index is 12.0. The maximum atomic E-state index is 12.0. The minimum absolute atomic E-state index is 0.164. The summed E-state index contributed by atoms with van der Waals surface area (Å²) in [6.45, 7) is 5.22. The molecular formula is C17H16N4O3S. The predicted octanol–water partition coefficient (Wildman–Crippen LogP) is 3.20. The molecule has 0 spiro atoms. The van der Waals surface area contributed by atoms with E-state index in [4.69, 9.17) is 4.74 Å². The molecule has 0 saturated carbocycles. The molecule has 8 heteroatoms. The Hall–Kier alpha value is -2.87. The van der Waals surface area contributed by atoms with Gasteiger partial charge in [0.05, 0.1) is 33.8 Å². The highest BCUT2D eigenvalue weighted by Gasteiger charge is 2.15. The van der Waals surface area contributed by atoms with Crippen molar-refractivity contribution in [1.82, 2.24) is 15.2 Å². The fourth-order valence-corrected chi connectivity index (χ4v) is 3.25. The lowest BCUT2D eigenvalue weighted by Crippen LogP contribution is -2.09. The monoisotopic (exact) mass is 356 g/mol. The van der Waals surface area contributed by atoms with Crippen LogP contribution in [-0.2, 0) is 9.53 Å². The summed E-state index contributed by atoms with van der Waals surface area (Å²) in [6, 6.07) is 7.29. The van der Waals surface area contributed by atoms with Crippen molar-refractivity contribution in [2.45, 2.75) is 20.8 Å². The summed E-state index contributed by atoms with van der Waals surface area (Å²) in [5.41, 5.74) is 3.08. The Balaban J connectivity index is 1.99. The number of hydrogen-bond donors (Lipinski definition) is 1. The van der Waals surface area contributed by atoms with Gasteiger partial charge >= 0.3 is 5.97 Å². The van der Waals surface area contributed by atoms with E-state index in [2.05, 4.69) is 20.5 Å². The van der Waals surface area contributed by atoms with E-state index >= 15 is 0 Å². The van der Waals surface area contributed by atoms with Crippen LogP contribution in [0.4, 0.5) is 5.13 Å². The number of hydrogen-bond acceptors (Lipinski definition) is 7. The summed E-state index contributed by atoms with van der Waals surface area (Å²) in [7, 11) is 0. The Labute approximate surface area is 148 Å². The summed E-state index contributed by atoms with van der Waals surface area (Å²) in [6.07, 6.45) is 0. The first-order valence-electron chi connectivity index (χ1n) is 7.68. The summed E-state index contributed by atoms with van der Waals surface area (Å²) in [5.74, 6) is -0.578. The van der Waals surface area contributed by atoms with Gasteiger partial charge in [0, 0.05) is 12.5 Å². The molecule has 0 unspecified atom stereocenters. The lowest BCUT2D eigenvalue weighted by Gasteiger charge is -2.06. The van der Waals surface area contributed by atoms with Crippen LogP contribution in [0.3, 0.4) is 0 Å². The molecule has 2 heterocycles. The molecular weight excluding hydrogens is 340 g/mol. The first-order valence-corrected chi connectivity index (χ1v) is 8.49. The molecule has 1 N–H and O–H groups in total. The van der Waals surface area contributed by atoms with Gasteiger partial charge in [-0.1, -0.05) is 17.4 Å². The summed E-state index contributed by atoms with van der Waals surface area (Å²) in [4.78, 5) is 27.5. The highest BCUT2D eigenvalue weighted by atomic mass is 32.1. The van der Waals surface area contributed by atoms with E-state index in [-0.39, 0.29) is 5.91 Å². The minimum Gasteiger partial charge on any atom is -0.462 e. The smallest absolute Gasteiger partial charge is 0.340 e. The first kappa shape index (κ1) is 17.0. The Morgan fingerprint density at radius 3 is 2.76 bits per heavy atom. The third kappa shape index (κ3) is 3.63. The number of anilines is 1. The number of esters is 1. The van der Waals surface area contributed by atoms with Gasteiger partial charge in [-0.25, -0.2) is 9.78 Å². The molecule has 0 atom stereocenters. The first-order chi connectivity index (χ1) is 12.0. The molecule has 0 fully saturated rings. The van der Waals surface area contributed by atoms with Crippen LogP contribution >= 0.6 is 11.3 Å². The predicted molar refractivity (Wildman–Crippen MR) is 95.6 cm³/mol. The van der Waals surface area contributed by atoms with E-state index in [0.29, 0.717) is 28.7 Å². The maximum Gasteiger partial charge on any atom is 0.340 e. The number of aryl methyl sites for hydroxylation is 1. The van der Waals surface area contributed by atoms with Crippen LogP contribution in [0.1, 0.15) is 29.9 Å². The quantitative estimate of drug-likeness (QED) is 0.722. The van der Waals surface area contributed by atoms with Crippen molar-refractivity contribution in [2.75, 3.05) is 11.9 Å². The van der Waals surface area contributed by atoms with E-state index in [1.807, 2.05) is 18.2 Å². The zero-order valence-corrected chi connectivity index (χ0v) is 14.8. The SMILES string of the molecule is CCOC(=O)c1cc(-c2ccc3nc(NC(C)=O)sc3c2)nnc1C. The van der Waals surface area contributed by atoms with Gasteiger partial charge in [-0.2, -0.15) is 10.2 Å². The normalized spacial score (nSPS) is 10.7. The second-order valence-electron chi connectivity index (χ2n) is 5.33.